The van der Waals surface area contributed by atoms with Gasteiger partial charge in [0.25, 0.3) is 5.91 Å². The number of nitrogens with one attached hydrogen (secondary N) is 1. The zero-order valence-electron chi connectivity index (χ0n) is 11.3. The molecule has 0 aliphatic rings. The summed E-state index contributed by atoms with van der Waals surface area (Å²) < 4.78 is 6.45. The van der Waals surface area contributed by atoms with Crippen molar-refractivity contribution >= 4 is 44.8 Å². The molecule has 0 aliphatic heterocycles. The zero-order valence-corrected chi connectivity index (χ0v) is 13.7. The second kappa shape index (κ2) is 6.83. The van der Waals surface area contributed by atoms with Crippen LogP contribution in [0.1, 0.15) is 5.56 Å². The van der Waals surface area contributed by atoms with Gasteiger partial charge in [0.2, 0.25) is 0 Å². The second-order valence-electron chi connectivity index (χ2n) is 4.48. The van der Waals surface area contributed by atoms with Crippen LogP contribution in [0.15, 0.2) is 40.9 Å². The summed E-state index contributed by atoms with van der Waals surface area (Å²) in [4.78, 5) is 11.9. The van der Waals surface area contributed by atoms with Crippen LogP contribution in [-0.4, -0.2) is 12.5 Å². The Kier molecular flexibility index (Phi) is 5.09. The molecule has 0 aliphatic carbocycles. The van der Waals surface area contributed by atoms with Crippen molar-refractivity contribution in [2.75, 3.05) is 17.7 Å². The largest absolute Gasteiger partial charge is 0.483 e. The van der Waals surface area contributed by atoms with Crippen molar-refractivity contribution in [1.29, 1.82) is 0 Å². The van der Waals surface area contributed by atoms with E-state index in [9.17, 15) is 4.79 Å². The van der Waals surface area contributed by atoms with Crippen molar-refractivity contribution in [3.05, 3.63) is 51.5 Å². The highest BCUT2D eigenvalue weighted by atomic mass is 79.9. The lowest BCUT2D eigenvalue weighted by atomic mass is 10.2. The van der Waals surface area contributed by atoms with Crippen LogP contribution in [0.5, 0.6) is 5.75 Å². The summed E-state index contributed by atoms with van der Waals surface area (Å²) in [7, 11) is 0. The molecule has 1 amide bonds. The highest BCUT2D eigenvalue weighted by Crippen LogP contribution is 2.24. The Morgan fingerprint density at radius 3 is 2.81 bits per heavy atom. The van der Waals surface area contributed by atoms with E-state index in [2.05, 4.69) is 21.2 Å². The highest BCUT2D eigenvalue weighted by Gasteiger charge is 2.08. The van der Waals surface area contributed by atoms with E-state index in [0.29, 0.717) is 22.1 Å². The third kappa shape index (κ3) is 4.37. The van der Waals surface area contributed by atoms with Gasteiger partial charge in [0.05, 0.1) is 11.4 Å². The minimum Gasteiger partial charge on any atom is -0.483 e. The Balaban J connectivity index is 1.97. The second-order valence-corrected chi connectivity index (χ2v) is 5.83. The van der Waals surface area contributed by atoms with Crippen LogP contribution in [0.3, 0.4) is 0 Å². The fraction of sp³-hybridized carbons (Fsp3) is 0.133. The first-order chi connectivity index (χ1) is 9.95. The van der Waals surface area contributed by atoms with E-state index in [1.807, 2.05) is 19.1 Å². The molecule has 6 heteroatoms. The Morgan fingerprint density at radius 1 is 1.33 bits per heavy atom. The van der Waals surface area contributed by atoms with Gasteiger partial charge in [0.15, 0.2) is 6.61 Å². The summed E-state index contributed by atoms with van der Waals surface area (Å²) in [5.41, 5.74) is 7.64. The number of nitrogen functional groups attached to an aromatic ring is 1. The van der Waals surface area contributed by atoms with E-state index in [1.54, 1.807) is 24.3 Å². The molecular formula is C15H14BrClN2O2. The lowest BCUT2D eigenvalue weighted by molar-refractivity contribution is -0.118. The maximum atomic E-state index is 11.9. The number of nitrogens with two attached hydrogens (primary N) is 1. The van der Waals surface area contributed by atoms with Gasteiger partial charge < -0.3 is 15.8 Å². The smallest absolute Gasteiger partial charge is 0.262 e. The first-order valence-corrected chi connectivity index (χ1v) is 7.36. The molecule has 4 nitrogen and oxygen atoms in total. The summed E-state index contributed by atoms with van der Waals surface area (Å²) in [5.74, 6) is 0.360. The number of rotatable bonds is 4. The van der Waals surface area contributed by atoms with Gasteiger partial charge in [-0.25, -0.2) is 0 Å². The number of benzene rings is 2. The van der Waals surface area contributed by atoms with Gasteiger partial charge in [-0.2, -0.15) is 0 Å². The normalized spacial score (nSPS) is 10.2. The van der Waals surface area contributed by atoms with Gasteiger partial charge in [-0.05, 0) is 48.9 Å². The molecule has 2 aromatic rings. The van der Waals surface area contributed by atoms with E-state index in [0.717, 1.165) is 10.0 Å². The van der Waals surface area contributed by atoms with Gasteiger partial charge in [-0.15, -0.1) is 0 Å². The Morgan fingerprint density at radius 2 is 2.10 bits per heavy atom. The first-order valence-electron chi connectivity index (χ1n) is 6.19. The summed E-state index contributed by atoms with van der Waals surface area (Å²) in [5, 5.41) is 3.17. The number of hydrogen-bond acceptors (Lipinski definition) is 3. The molecule has 3 N–H and O–H groups in total. The van der Waals surface area contributed by atoms with Crippen molar-refractivity contribution in [3.8, 4) is 5.75 Å². The van der Waals surface area contributed by atoms with Gasteiger partial charge in [0.1, 0.15) is 5.75 Å². The number of anilines is 2. The van der Waals surface area contributed by atoms with Crippen LogP contribution in [0.4, 0.5) is 11.4 Å². The van der Waals surface area contributed by atoms with Crippen LogP contribution in [0, 0.1) is 6.92 Å². The van der Waals surface area contributed by atoms with E-state index in [-0.39, 0.29) is 12.5 Å². The van der Waals surface area contributed by atoms with Crippen LogP contribution < -0.4 is 15.8 Å². The fourth-order valence-corrected chi connectivity index (χ4v) is 2.39. The summed E-state index contributed by atoms with van der Waals surface area (Å²) in [6, 6.07) is 10.5. The van der Waals surface area contributed by atoms with Gasteiger partial charge >= 0.3 is 0 Å². The number of carbonyl (C=O) groups excluding carboxylic acids is 1. The molecule has 0 saturated heterocycles. The molecule has 0 unspecified atom stereocenters. The minimum absolute atomic E-state index is 0.103. The van der Waals surface area contributed by atoms with Gasteiger partial charge in [-0.3, -0.25) is 4.79 Å². The molecular weight excluding hydrogens is 356 g/mol. The summed E-state index contributed by atoms with van der Waals surface area (Å²) in [6.45, 7) is 1.81. The predicted octanol–water partition coefficient (Wildman–Crippen LogP) is 4.01. The van der Waals surface area contributed by atoms with Gasteiger partial charge in [0, 0.05) is 9.50 Å². The molecule has 110 valence electrons. The molecule has 0 saturated carbocycles. The van der Waals surface area contributed by atoms with E-state index in [1.165, 1.54) is 0 Å². The number of carbonyl (C=O) groups is 1. The molecule has 2 rings (SSSR count). The number of hydrogen-bond donors (Lipinski definition) is 2. The predicted molar refractivity (Wildman–Crippen MR) is 88.9 cm³/mol. The third-order valence-corrected chi connectivity index (χ3v) is 3.51. The van der Waals surface area contributed by atoms with Crippen molar-refractivity contribution in [3.63, 3.8) is 0 Å². The monoisotopic (exact) mass is 368 g/mol. The third-order valence-electron chi connectivity index (χ3n) is 2.79. The Bertz CT molecular complexity index is 677. The first kappa shape index (κ1) is 15.7. The van der Waals surface area contributed by atoms with Crippen LogP contribution in [0.25, 0.3) is 0 Å². The Labute approximate surface area is 136 Å². The van der Waals surface area contributed by atoms with Crippen LogP contribution >= 0.6 is 27.5 Å². The minimum atomic E-state index is -0.300. The van der Waals surface area contributed by atoms with Crippen LogP contribution in [-0.2, 0) is 4.79 Å². The fourth-order valence-electron chi connectivity index (χ4n) is 1.74. The molecule has 0 fully saturated rings. The van der Waals surface area contributed by atoms with E-state index >= 15 is 0 Å². The van der Waals surface area contributed by atoms with Crippen molar-refractivity contribution in [2.24, 2.45) is 0 Å². The number of aryl methyl sites for hydroxylation is 1. The molecule has 0 bridgehead atoms. The zero-order chi connectivity index (χ0) is 15.4. The molecule has 0 radical (unpaired) electrons. The SMILES string of the molecule is Cc1cc(Br)ccc1OCC(=O)Nc1cc(Cl)ccc1N. The van der Waals surface area contributed by atoms with Crippen molar-refractivity contribution in [1.82, 2.24) is 0 Å². The molecule has 0 spiro atoms. The van der Waals surface area contributed by atoms with Gasteiger partial charge in [-0.1, -0.05) is 27.5 Å². The number of ether oxygens (including phenoxy) is 1. The quantitative estimate of drug-likeness (QED) is 0.800. The lowest BCUT2D eigenvalue weighted by Crippen LogP contribution is -2.21. The molecule has 0 atom stereocenters. The van der Waals surface area contributed by atoms with E-state index in [4.69, 9.17) is 22.1 Å². The number of halogens is 2. The summed E-state index contributed by atoms with van der Waals surface area (Å²) >= 11 is 9.24. The average molecular weight is 370 g/mol. The molecule has 0 heterocycles. The molecule has 21 heavy (non-hydrogen) atoms. The van der Waals surface area contributed by atoms with Crippen molar-refractivity contribution in [2.45, 2.75) is 6.92 Å². The van der Waals surface area contributed by atoms with Crippen LogP contribution in [0.2, 0.25) is 5.02 Å². The molecule has 2 aromatic carbocycles. The standard InChI is InChI=1S/C15H14BrClN2O2/c1-9-6-10(16)2-5-14(9)21-8-15(20)19-13-7-11(17)3-4-12(13)18/h2-7H,8,18H2,1H3,(H,19,20). The summed E-state index contributed by atoms with van der Waals surface area (Å²) in [6.07, 6.45) is 0. The number of amides is 1. The maximum absolute atomic E-state index is 11.9. The van der Waals surface area contributed by atoms with Crippen molar-refractivity contribution < 1.29 is 9.53 Å². The average Bonchev–Trinajstić information content (AvgIpc) is 2.42. The van der Waals surface area contributed by atoms with E-state index < -0.39 is 0 Å². The maximum Gasteiger partial charge on any atom is 0.262 e. The Hall–Kier alpha value is -1.72. The highest BCUT2D eigenvalue weighted by molar-refractivity contribution is 9.10. The molecule has 0 aromatic heterocycles. The lowest BCUT2D eigenvalue weighted by Gasteiger charge is -2.11. The topological polar surface area (TPSA) is 64.3 Å².